The van der Waals surface area contributed by atoms with Crippen molar-refractivity contribution in [2.75, 3.05) is 14.2 Å². The maximum Gasteiger partial charge on any atom is 0.189 e. The number of methoxy groups -OCH3 is 2. The quantitative estimate of drug-likeness (QED) is 0.805. The molecule has 22 heavy (non-hydrogen) atoms. The van der Waals surface area contributed by atoms with Crippen LogP contribution in [-0.2, 0) is 6.42 Å². The molecule has 0 heterocycles. The second kappa shape index (κ2) is 6.06. The first-order valence-electron chi connectivity index (χ1n) is 7.27. The van der Waals surface area contributed by atoms with E-state index in [4.69, 9.17) is 9.47 Å². The van der Waals surface area contributed by atoms with Gasteiger partial charge in [0.1, 0.15) is 11.5 Å². The maximum atomic E-state index is 12.6. The molecule has 0 spiro atoms. The largest absolute Gasteiger partial charge is 0.497 e. The molecule has 0 atom stereocenters. The third-order valence-corrected chi connectivity index (χ3v) is 3.97. The Hall–Kier alpha value is -2.55. The van der Waals surface area contributed by atoms with Crippen molar-refractivity contribution in [1.29, 1.82) is 0 Å². The highest BCUT2D eigenvalue weighted by Gasteiger charge is 2.22. The van der Waals surface area contributed by atoms with E-state index in [0.717, 1.165) is 46.6 Å². The summed E-state index contributed by atoms with van der Waals surface area (Å²) in [4.78, 5) is 12.6. The molecule has 112 valence electrons. The minimum atomic E-state index is 0.111. The van der Waals surface area contributed by atoms with Crippen LogP contribution in [0.4, 0.5) is 0 Å². The van der Waals surface area contributed by atoms with Gasteiger partial charge >= 0.3 is 0 Å². The predicted molar refractivity (Wildman–Crippen MR) is 86.6 cm³/mol. The van der Waals surface area contributed by atoms with E-state index in [-0.39, 0.29) is 5.78 Å². The molecular formula is C19H18O3. The molecular weight excluding hydrogens is 276 g/mol. The molecule has 3 heteroatoms. The van der Waals surface area contributed by atoms with Crippen molar-refractivity contribution >= 4 is 11.9 Å². The van der Waals surface area contributed by atoms with Crippen LogP contribution in [0.5, 0.6) is 11.5 Å². The Bertz CT molecular complexity index is 727. The number of rotatable bonds is 3. The first-order valence-corrected chi connectivity index (χ1v) is 7.27. The van der Waals surface area contributed by atoms with E-state index in [1.165, 1.54) is 0 Å². The van der Waals surface area contributed by atoms with Crippen LogP contribution in [0.25, 0.3) is 6.08 Å². The Morgan fingerprint density at radius 3 is 2.27 bits per heavy atom. The average molecular weight is 294 g/mol. The van der Waals surface area contributed by atoms with Crippen molar-refractivity contribution in [3.05, 3.63) is 64.7 Å². The van der Waals surface area contributed by atoms with Crippen molar-refractivity contribution in [2.24, 2.45) is 0 Å². The molecule has 1 aliphatic carbocycles. The molecule has 3 rings (SSSR count). The van der Waals surface area contributed by atoms with Crippen molar-refractivity contribution in [3.63, 3.8) is 0 Å². The van der Waals surface area contributed by atoms with Gasteiger partial charge in [0.2, 0.25) is 0 Å². The van der Waals surface area contributed by atoms with Gasteiger partial charge in [0.05, 0.1) is 14.2 Å². The predicted octanol–water partition coefficient (Wildman–Crippen LogP) is 3.92. The van der Waals surface area contributed by atoms with E-state index in [2.05, 4.69) is 0 Å². The van der Waals surface area contributed by atoms with Gasteiger partial charge in [-0.05, 0) is 60.4 Å². The van der Waals surface area contributed by atoms with Crippen LogP contribution in [0.2, 0.25) is 0 Å². The summed E-state index contributed by atoms with van der Waals surface area (Å²) in [6.07, 6.45) is 3.58. The molecule has 0 radical (unpaired) electrons. The topological polar surface area (TPSA) is 35.5 Å². The Morgan fingerprint density at radius 1 is 0.909 bits per heavy atom. The van der Waals surface area contributed by atoms with Crippen molar-refractivity contribution in [2.45, 2.75) is 12.8 Å². The van der Waals surface area contributed by atoms with E-state index in [1.54, 1.807) is 14.2 Å². The summed E-state index contributed by atoms with van der Waals surface area (Å²) >= 11 is 0. The molecule has 3 nitrogen and oxygen atoms in total. The third kappa shape index (κ3) is 2.75. The minimum absolute atomic E-state index is 0.111. The lowest BCUT2D eigenvalue weighted by Gasteiger charge is -2.18. The standard InChI is InChI=1S/C19H18O3/c1-21-16-7-3-13(4-8-16)11-15-6-5-14-12-17(22-2)9-10-18(14)19(15)20/h3-4,7-12H,5-6H2,1-2H3/b15-11+. The van der Waals surface area contributed by atoms with Gasteiger partial charge in [-0.15, -0.1) is 0 Å². The Balaban J connectivity index is 1.89. The van der Waals surface area contributed by atoms with Gasteiger partial charge < -0.3 is 9.47 Å². The molecule has 2 aromatic carbocycles. The fourth-order valence-electron chi connectivity index (χ4n) is 2.72. The highest BCUT2D eigenvalue weighted by molar-refractivity contribution is 6.13. The molecule has 2 aromatic rings. The smallest absolute Gasteiger partial charge is 0.189 e. The van der Waals surface area contributed by atoms with E-state index >= 15 is 0 Å². The van der Waals surface area contributed by atoms with Crippen LogP contribution in [-0.4, -0.2) is 20.0 Å². The van der Waals surface area contributed by atoms with Crippen molar-refractivity contribution in [1.82, 2.24) is 0 Å². The molecule has 0 aliphatic heterocycles. The highest BCUT2D eigenvalue weighted by atomic mass is 16.5. The summed E-state index contributed by atoms with van der Waals surface area (Å²) < 4.78 is 10.4. The van der Waals surface area contributed by atoms with Crippen LogP contribution in [0, 0.1) is 0 Å². The number of aryl methyl sites for hydroxylation is 1. The molecule has 0 aromatic heterocycles. The number of carbonyl (C=O) groups is 1. The Kier molecular flexibility index (Phi) is 3.96. The van der Waals surface area contributed by atoms with Crippen molar-refractivity contribution < 1.29 is 14.3 Å². The lowest BCUT2D eigenvalue weighted by atomic mass is 9.86. The van der Waals surface area contributed by atoms with Crippen LogP contribution in [0.3, 0.4) is 0 Å². The Morgan fingerprint density at radius 2 is 1.59 bits per heavy atom. The zero-order valence-corrected chi connectivity index (χ0v) is 12.8. The number of hydrogen-bond donors (Lipinski definition) is 0. The molecule has 0 fully saturated rings. The van der Waals surface area contributed by atoms with Crippen LogP contribution in [0.1, 0.15) is 27.9 Å². The molecule has 0 saturated carbocycles. The van der Waals surface area contributed by atoms with Crippen LogP contribution < -0.4 is 9.47 Å². The van der Waals surface area contributed by atoms with Gasteiger partial charge in [-0.1, -0.05) is 12.1 Å². The van der Waals surface area contributed by atoms with E-state index < -0.39 is 0 Å². The zero-order chi connectivity index (χ0) is 15.5. The second-order valence-corrected chi connectivity index (χ2v) is 5.29. The number of ether oxygens (including phenoxy) is 2. The molecule has 0 amide bonds. The number of fused-ring (bicyclic) bond motifs is 1. The summed E-state index contributed by atoms with van der Waals surface area (Å²) in [6.45, 7) is 0. The van der Waals surface area contributed by atoms with E-state index in [0.29, 0.717) is 0 Å². The van der Waals surface area contributed by atoms with Gasteiger partial charge in [-0.3, -0.25) is 4.79 Å². The number of benzene rings is 2. The molecule has 0 unspecified atom stereocenters. The number of Topliss-reactive ketones (excluding diaryl/α,β-unsaturated/α-hetero) is 1. The van der Waals surface area contributed by atoms with Gasteiger partial charge in [0.25, 0.3) is 0 Å². The summed E-state index contributed by atoms with van der Waals surface area (Å²) in [5.74, 6) is 1.73. The molecule has 1 aliphatic rings. The lowest BCUT2D eigenvalue weighted by molar-refractivity contribution is 0.102. The Labute approximate surface area is 130 Å². The number of carbonyl (C=O) groups excluding carboxylic acids is 1. The van der Waals surface area contributed by atoms with Gasteiger partial charge in [-0.2, -0.15) is 0 Å². The zero-order valence-electron chi connectivity index (χ0n) is 12.8. The third-order valence-electron chi connectivity index (χ3n) is 3.97. The van der Waals surface area contributed by atoms with Gasteiger partial charge in [0.15, 0.2) is 5.78 Å². The normalized spacial score (nSPS) is 15.5. The monoisotopic (exact) mass is 294 g/mol. The van der Waals surface area contributed by atoms with Crippen LogP contribution >= 0.6 is 0 Å². The van der Waals surface area contributed by atoms with Gasteiger partial charge in [-0.25, -0.2) is 0 Å². The summed E-state index contributed by atoms with van der Waals surface area (Å²) in [6, 6.07) is 13.4. The molecule has 0 saturated heterocycles. The lowest BCUT2D eigenvalue weighted by Crippen LogP contribution is -2.14. The SMILES string of the molecule is COc1ccc(/C=C2\CCc3cc(OC)ccc3C2=O)cc1. The summed E-state index contributed by atoms with van der Waals surface area (Å²) in [7, 11) is 3.28. The average Bonchev–Trinajstić information content (AvgIpc) is 2.57. The van der Waals surface area contributed by atoms with Crippen molar-refractivity contribution in [3.8, 4) is 11.5 Å². The maximum absolute atomic E-state index is 12.6. The fourth-order valence-corrected chi connectivity index (χ4v) is 2.72. The van der Waals surface area contributed by atoms with E-state index in [1.807, 2.05) is 48.5 Å². The molecule has 0 N–H and O–H groups in total. The minimum Gasteiger partial charge on any atom is -0.497 e. The number of ketones is 1. The summed E-state index contributed by atoms with van der Waals surface area (Å²) in [5, 5.41) is 0. The molecule has 0 bridgehead atoms. The summed E-state index contributed by atoms with van der Waals surface area (Å²) in [5.41, 5.74) is 3.71. The van der Waals surface area contributed by atoms with Crippen LogP contribution in [0.15, 0.2) is 48.0 Å². The van der Waals surface area contributed by atoms with Gasteiger partial charge in [0, 0.05) is 11.1 Å². The second-order valence-electron chi connectivity index (χ2n) is 5.29. The number of allylic oxidation sites excluding steroid dienone is 1. The van der Waals surface area contributed by atoms with E-state index in [9.17, 15) is 4.79 Å². The first-order chi connectivity index (χ1) is 10.7. The first kappa shape index (κ1) is 14.4. The number of hydrogen-bond acceptors (Lipinski definition) is 3. The fraction of sp³-hybridized carbons (Fsp3) is 0.211. The highest BCUT2D eigenvalue weighted by Crippen LogP contribution is 2.29.